The second kappa shape index (κ2) is 5.89. The summed E-state index contributed by atoms with van der Waals surface area (Å²) in [7, 11) is 0. The van der Waals surface area contributed by atoms with Crippen molar-refractivity contribution < 1.29 is 9.90 Å². The van der Waals surface area contributed by atoms with Gasteiger partial charge in [-0.05, 0) is 31.4 Å². The van der Waals surface area contributed by atoms with Gasteiger partial charge in [-0.2, -0.15) is 0 Å². The quantitative estimate of drug-likeness (QED) is 0.828. The molecular weight excluding hydrogens is 226 g/mol. The number of rotatable bonds is 1. The summed E-state index contributed by atoms with van der Waals surface area (Å²) >= 11 is 0. The summed E-state index contributed by atoms with van der Waals surface area (Å²) in [5.41, 5.74) is 1.20. The molecule has 0 aromatic heterocycles. The first-order chi connectivity index (χ1) is 8.70. The van der Waals surface area contributed by atoms with Crippen LogP contribution in [-0.2, 0) is 0 Å². The average Bonchev–Trinajstić information content (AvgIpc) is 2.31. The van der Waals surface area contributed by atoms with Crippen LogP contribution >= 0.6 is 0 Å². The Kier molecular flexibility index (Phi) is 4.24. The van der Waals surface area contributed by atoms with E-state index in [4.69, 9.17) is 0 Å². The van der Waals surface area contributed by atoms with Crippen LogP contribution in [0.5, 0.6) is 5.75 Å². The van der Waals surface area contributed by atoms with Crippen LogP contribution in [0.15, 0.2) is 18.2 Å². The van der Waals surface area contributed by atoms with Gasteiger partial charge in [-0.25, -0.2) is 0 Å². The zero-order valence-electron chi connectivity index (χ0n) is 11.0. The Bertz CT molecular complexity index is 421. The Hall–Kier alpha value is -1.51. The fourth-order valence-corrected chi connectivity index (χ4v) is 2.45. The van der Waals surface area contributed by atoms with E-state index < -0.39 is 0 Å². The van der Waals surface area contributed by atoms with E-state index >= 15 is 0 Å². The second-order valence-corrected chi connectivity index (χ2v) is 5.03. The first-order valence-electron chi connectivity index (χ1n) is 6.78. The van der Waals surface area contributed by atoms with Gasteiger partial charge in [0.15, 0.2) is 0 Å². The number of amides is 1. The van der Waals surface area contributed by atoms with Crippen molar-refractivity contribution in [1.82, 2.24) is 4.90 Å². The standard InChI is InChI=1S/C15H21NO2/c1-12-8-7-9-13(14(12)17)15(18)16-10-5-3-2-4-6-11-16/h7-9,17H,2-6,10-11H2,1H3. The molecule has 1 aromatic carbocycles. The molecule has 1 fully saturated rings. The molecule has 1 saturated heterocycles. The Morgan fingerprint density at radius 2 is 1.72 bits per heavy atom. The van der Waals surface area contributed by atoms with Gasteiger partial charge in [0.2, 0.25) is 0 Å². The van der Waals surface area contributed by atoms with Gasteiger partial charge in [-0.1, -0.05) is 31.4 Å². The van der Waals surface area contributed by atoms with Crippen molar-refractivity contribution in [2.24, 2.45) is 0 Å². The maximum atomic E-state index is 12.4. The SMILES string of the molecule is Cc1cccc(C(=O)N2CCCCCCC2)c1O. The number of carbonyl (C=O) groups is 1. The number of benzene rings is 1. The smallest absolute Gasteiger partial charge is 0.257 e. The lowest BCUT2D eigenvalue weighted by Gasteiger charge is -2.25. The van der Waals surface area contributed by atoms with Gasteiger partial charge in [0, 0.05) is 13.1 Å². The molecule has 3 heteroatoms. The Balaban J connectivity index is 2.16. The molecule has 0 saturated carbocycles. The van der Waals surface area contributed by atoms with Crippen molar-refractivity contribution in [1.29, 1.82) is 0 Å². The monoisotopic (exact) mass is 247 g/mol. The minimum absolute atomic E-state index is 0.0295. The predicted octanol–water partition coefficient (Wildman–Crippen LogP) is 3.11. The summed E-state index contributed by atoms with van der Waals surface area (Å²) < 4.78 is 0. The molecule has 1 aromatic rings. The number of likely N-dealkylation sites (tertiary alicyclic amines) is 1. The van der Waals surface area contributed by atoms with E-state index in [9.17, 15) is 9.90 Å². The molecule has 1 N–H and O–H groups in total. The highest BCUT2D eigenvalue weighted by Crippen LogP contribution is 2.23. The van der Waals surface area contributed by atoms with E-state index in [2.05, 4.69) is 0 Å². The molecule has 0 spiro atoms. The third-order valence-electron chi connectivity index (χ3n) is 3.61. The van der Waals surface area contributed by atoms with E-state index in [0.29, 0.717) is 5.56 Å². The third kappa shape index (κ3) is 2.84. The Morgan fingerprint density at radius 3 is 2.39 bits per heavy atom. The maximum Gasteiger partial charge on any atom is 0.257 e. The van der Waals surface area contributed by atoms with Crippen molar-refractivity contribution >= 4 is 5.91 Å². The fourth-order valence-electron chi connectivity index (χ4n) is 2.45. The summed E-state index contributed by atoms with van der Waals surface area (Å²) in [5.74, 6) is 0.0997. The van der Waals surface area contributed by atoms with E-state index in [0.717, 1.165) is 31.5 Å². The predicted molar refractivity (Wildman–Crippen MR) is 71.8 cm³/mol. The highest BCUT2D eigenvalue weighted by molar-refractivity contribution is 5.97. The first-order valence-corrected chi connectivity index (χ1v) is 6.78. The molecule has 98 valence electrons. The van der Waals surface area contributed by atoms with Gasteiger partial charge in [0.1, 0.15) is 5.75 Å². The molecule has 1 amide bonds. The van der Waals surface area contributed by atoms with Crippen LogP contribution in [0.4, 0.5) is 0 Å². The highest BCUT2D eigenvalue weighted by Gasteiger charge is 2.19. The van der Waals surface area contributed by atoms with Crippen LogP contribution in [0.1, 0.15) is 48.0 Å². The highest BCUT2D eigenvalue weighted by atomic mass is 16.3. The topological polar surface area (TPSA) is 40.5 Å². The number of nitrogens with zero attached hydrogens (tertiary/aromatic N) is 1. The van der Waals surface area contributed by atoms with E-state index in [1.807, 2.05) is 24.0 Å². The maximum absolute atomic E-state index is 12.4. The number of hydrogen-bond acceptors (Lipinski definition) is 2. The van der Waals surface area contributed by atoms with E-state index in [1.54, 1.807) is 6.07 Å². The average molecular weight is 247 g/mol. The summed E-state index contributed by atoms with van der Waals surface area (Å²) in [6.07, 6.45) is 5.81. The lowest BCUT2D eigenvalue weighted by molar-refractivity contribution is 0.0739. The van der Waals surface area contributed by atoms with E-state index in [1.165, 1.54) is 19.3 Å². The number of para-hydroxylation sites is 1. The number of phenolic OH excluding ortho intramolecular Hbond substituents is 1. The number of carbonyl (C=O) groups excluding carboxylic acids is 1. The molecule has 0 radical (unpaired) electrons. The van der Waals surface area contributed by atoms with Crippen molar-refractivity contribution in [3.8, 4) is 5.75 Å². The summed E-state index contributed by atoms with van der Waals surface area (Å²) in [6.45, 7) is 3.44. The Morgan fingerprint density at radius 1 is 1.11 bits per heavy atom. The molecule has 3 nitrogen and oxygen atoms in total. The first kappa shape index (κ1) is 12.9. The van der Waals surface area contributed by atoms with Crippen LogP contribution in [0, 0.1) is 6.92 Å². The molecule has 0 atom stereocenters. The number of aromatic hydroxyl groups is 1. The van der Waals surface area contributed by atoms with Gasteiger partial charge in [0.05, 0.1) is 5.56 Å². The third-order valence-corrected chi connectivity index (χ3v) is 3.61. The molecule has 2 rings (SSSR count). The molecule has 1 aliphatic heterocycles. The second-order valence-electron chi connectivity index (χ2n) is 5.03. The largest absolute Gasteiger partial charge is 0.507 e. The van der Waals surface area contributed by atoms with Crippen LogP contribution in [0.25, 0.3) is 0 Å². The van der Waals surface area contributed by atoms with Gasteiger partial charge in [-0.3, -0.25) is 4.79 Å². The summed E-state index contributed by atoms with van der Waals surface area (Å²) in [6, 6.07) is 5.36. The summed E-state index contributed by atoms with van der Waals surface area (Å²) in [5, 5.41) is 9.98. The number of phenols is 1. The molecule has 1 heterocycles. The number of hydrogen-bond donors (Lipinski definition) is 1. The van der Waals surface area contributed by atoms with Crippen LogP contribution < -0.4 is 0 Å². The molecule has 1 aliphatic rings. The minimum Gasteiger partial charge on any atom is -0.507 e. The van der Waals surface area contributed by atoms with Crippen molar-refractivity contribution in [2.45, 2.75) is 39.0 Å². The van der Waals surface area contributed by atoms with Gasteiger partial charge < -0.3 is 10.0 Å². The van der Waals surface area contributed by atoms with Crippen LogP contribution in [0.2, 0.25) is 0 Å². The van der Waals surface area contributed by atoms with Gasteiger partial charge >= 0.3 is 0 Å². The summed E-state index contributed by atoms with van der Waals surface area (Å²) in [4.78, 5) is 14.3. The molecule has 18 heavy (non-hydrogen) atoms. The zero-order chi connectivity index (χ0) is 13.0. The van der Waals surface area contributed by atoms with E-state index in [-0.39, 0.29) is 11.7 Å². The normalized spacial score (nSPS) is 17.1. The molecule has 0 unspecified atom stereocenters. The van der Waals surface area contributed by atoms with Crippen LogP contribution in [-0.4, -0.2) is 29.0 Å². The minimum atomic E-state index is -0.0295. The van der Waals surface area contributed by atoms with Gasteiger partial charge in [0.25, 0.3) is 5.91 Å². The molecule has 0 aliphatic carbocycles. The zero-order valence-corrected chi connectivity index (χ0v) is 11.0. The van der Waals surface area contributed by atoms with Crippen molar-refractivity contribution in [2.75, 3.05) is 13.1 Å². The van der Waals surface area contributed by atoms with Crippen LogP contribution in [0.3, 0.4) is 0 Å². The molecular formula is C15H21NO2. The lowest BCUT2D eigenvalue weighted by Crippen LogP contribution is -2.33. The van der Waals surface area contributed by atoms with Crippen molar-refractivity contribution in [3.05, 3.63) is 29.3 Å². The fraction of sp³-hybridized carbons (Fsp3) is 0.533. The Labute approximate surface area is 108 Å². The van der Waals surface area contributed by atoms with Crippen molar-refractivity contribution in [3.63, 3.8) is 0 Å². The number of aryl methyl sites for hydroxylation is 1. The molecule has 0 bridgehead atoms. The lowest BCUT2D eigenvalue weighted by atomic mass is 10.1. The van der Waals surface area contributed by atoms with Gasteiger partial charge in [-0.15, -0.1) is 0 Å².